The normalized spacial score (nSPS) is 10.7. The number of nitrogens with zero attached hydrogens (tertiary/aromatic N) is 3. The Labute approximate surface area is 179 Å². The number of hydrogen-bond donors (Lipinski definition) is 1. The number of amides is 1. The Bertz CT molecular complexity index is 705. The lowest BCUT2D eigenvalue weighted by Gasteiger charge is -2.23. The largest absolute Gasteiger partial charge is 0.349 e. The number of likely N-dealkylation sites (N-methyl/N-ethyl adjacent to an activating group) is 1. The van der Waals surface area contributed by atoms with Crippen LogP contribution in [0.25, 0.3) is 0 Å². The highest BCUT2D eigenvalue weighted by atomic mass is 127. The fourth-order valence-corrected chi connectivity index (χ4v) is 2.55. The van der Waals surface area contributed by atoms with Gasteiger partial charge in [0.1, 0.15) is 0 Å². The minimum Gasteiger partial charge on any atom is -0.349 e. The summed E-state index contributed by atoms with van der Waals surface area (Å²) in [5.74, 6) is 0.767. The average molecular weight is 480 g/mol. The summed E-state index contributed by atoms with van der Waals surface area (Å²) in [5, 5.41) is 3.17. The van der Waals surface area contributed by atoms with Crippen molar-refractivity contribution in [2.24, 2.45) is 4.99 Å². The Balaban J connectivity index is 0.00000364. The number of guanidine groups is 1. The highest BCUT2D eigenvalue weighted by Crippen LogP contribution is 2.04. The maximum Gasteiger partial charge on any atom is 0.242 e. The van der Waals surface area contributed by atoms with E-state index in [-0.39, 0.29) is 36.4 Å². The highest BCUT2D eigenvalue weighted by molar-refractivity contribution is 14.0. The molecule has 0 bridgehead atoms. The fourth-order valence-electron chi connectivity index (χ4n) is 2.55. The summed E-state index contributed by atoms with van der Waals surface area (Å²) in [6.45, 7) is 4.10. The molecule has 6 heteroatoms. The molecule has 0 atom stereocenters. The minimum absolute atomic E-state index is 0. The summed E-state index contributed by atoms with van der Waals surface area (Å²) in [6.07, 6.45) is 0. The van der Waals surface area contributed by atoms with Gasteiger partial charge in [0.05, 0.1) is 13.1 Å². The van der Waals surface area contributed by atoms with Crippen LogP contribution in [0.15, 0.2) is 65.7 Å². The Hall–Kier alpha value is -2.09. The lowest BCUT2D eigenvalue weighted by molar-refractivity contribution is -0.130. The summed E-state index contributed by atoms with van der Waals surface area (Å²) >= 11 is 0. The van der Waals surface area contributed by atoms with Gasteiger partial charge >= 0.3 is 0 Å². The molecule has 0 saturated heterocycles. The molecule has 0 heterocycles. The van der Waals surface area contributed by atoms with Crippen molar-refractivity contribution in [1.29, 1.82) is 0 Å². The summed E-state index contributed by atoms with van der Waals surface area (Å²) in [6, 6.07) is 20.1. The van der Waals surface area contributed by atoms with E-state index in [1.165, 1.54) is 0 Å². The van der Waals surface area contributed by atoms with E-state index >= 15 is 0 Å². The van der Waals surface area contributed by atoms with Crippen molar-refractivity contribution in [1.82, 2.24) is 15.1 Å². The maximum absolute atomic E-state index is 12.6. The molecule has 1 N–H and O–H groups in total. The standard InChI is InChI=1S/C21H28N4O.HI/c1-4-25(17-19-13-9-6-10-14-19)20(26)16-23-21(24(2)3)22-15-18-11-7-5-8-12-18;/h5-14H,4,15-17H2,1-3H3,(H,22,23);1H. The van der Waals surface area contributed by atoms with Crippen LogP contribution in [-0.2, 0) is 17.9 Å². The van der Waals surface area contributed by atoms with Gasteiger partial charge in [0, 0.05) is 27.2 Å². The lowest BCUT2D eigenvalue weighted by atomic mass is 10.2. The van der Waals surface area contributed by atoms with Gasteiger partial charge in [-0.2, -0.15) is 0 Å². The molecule has 0 aliphatic carbocycles. The molecule has 2 aromatic carbocycles. The molecule has 146 valence electrons. The molecule has 2 rings (SSSR count). The van der Waals surface area contributed by atoms with Crippen LogP contribution in [0.2, 0.25) is 0 Å². The van der Waals surface area contributed by atoms with Gasteiger partial charge in [-0.05, 0) is 18.1 Å². The Morgan fingerprint density at radius 3 is 2.04 bits per heavy atom. The zero-order valence-electron chi connectivity index (χ0n) is 16.3. The summed E-state index contributed by atoms with van der Waals surface area (Å²) in [4.78, 5) is 20.9. The van der Waals surface area contributed by atoms with Gasteiger partial charge in [-0.3, -0.25) is 4.79 Å². The van der Waals surface area contributed by atoms with Gasteiger partial charge in [-0.25, -0.2) is 4.99 Å². The molecule has 0 aliphatic heterocycles. The fraction of sp³-hybridized carbons (Fsp3) is 0.333. The van der Waals surface area contributed by atoms with E-state index < -0.39 is 0 Å². The molecule has 0 radical (unpaired) electrons. The number of rotatable bonds is 7. The Morgan fingerprint density at radius 1 is 0.963 bits per heavy atom. The van der Waals surface area contributed by atoms with Gasteiger partial charge in [-0.1, -0.05) is 60.7 Å². The van der Waals surface area contributed by atoms with Gasteiger partial charge in [0.2, 0.25) is 5.91 Å². The first-order valence-corrected chi connectivity index (χ1v) is 8.91. The molecule has 5 nitrogen and oxygen atoms in total. The van der Waals surface area contributed by atoms with Crippen LogP contribution in [0.3, 0.4) is 0 Å². The van der Waals surface area contributed by atoms with Crippen LogP contribution >= 0.6 is 24.0 Å². The van der Waals surface area contributed by atoms with Gasteiger partial charge < -0.3 is 15.1 Å². The molecule has 0 spiro atoms. The van der Waals surface area contributed by atoms with E-state index in [4.69, 9.17) is 0 Å². The smallest absolute Gasteiger partial charge is 0.242 e. The van der Waals surface area contributed by atoms with Gasteiger partial charge in [0.15, 0.2) is 5.96 Å². The van der Waals surface area contributed by atoms with Crippen LogP contribution in [0, 0.1) is 0 Å². The monoisotopic (exact) mass is 480 g/mol. The Morgan fingerprint density at radius 2 is 1.52 bits per heavy atom. The predicted molar refractivity (Wildman–Crippen MR) is 122 cm³/mol. The van der Waals surface area contributed by atoms with Crippen LogP contribution < -0.4 is 5.32 Å². The lowest BCUT2D eigenvalue weighted by Crippen LogP contribution is -2.44. The number of benzene rings is 2. The predicted octanol–water partition coefficient (Wildman–Crippen LogP) is 3.36. The van der Waals surface area contributed by atoms with Crippen LogP contribution in [0.4, 0.5) is 0 Å². The first-order chi connectivity index (χ1) is 12.6. The maximum atomic E-state index is 12.6. The molecule has 0 aromatic heterocycles. The van der Waals surface area contributed by atoms with E-state index in [0.29, 0.717) is 25.6 Å². The summed E-state index contributed by atoms with van der Waals surface area (Å²) < 4.78 is 0. The van der Waals surface area contributed by atoms with E-state index in [1.807, 2.05) is 91.5 Å². The first kappa shape index (κ1) is 23.0. The van der Waals surface area contributed by atoms with E-state index in [9.17, 15) is 4.79 Å². The van der Waals surface area contributed by atoms with Crippen molar-refractivity contribution in [3.05, 3.63) is 71.8 Å². The van der Waals surface area contributed by atoms with Crippen molar-refractivity contribution in [3.8, 4) is 0 Å². The number of halogens is 1. The zero-order valence-corrected chi connectivity index (χ0v) is 18.6. The average Bonchev–Trinajstić information content (AvgIpc) is 2.67. The van der Waals surface area contributed by atoms with Gasteiger partial charge in [0.25, 0.3) is 0 Å². The molecular formula is C21H29IN4O. The zero-order chi connectivity index (χ0) is 18.8. The third-order valence-electron chi connectivity index (χ3n) is 4.03. The molecular weight excluding hydrogens is 451 g/mol. The second-order valence-corrected chi connectivity index (χ2v) is 6.27. The Kier molecular flexibility index (Phi) is 10.5. The number of carbonyl (C=O) groups is 1. The molecule has 0 unspecified atom stereocenters. The SMILES string of the molecule is CCN(Cc1ccccc1)C(=O)CNC(=NCc1ccccc1)N(C)C.I. The van der Waals surface area contributed by atoms with Crippen molar-refractivity contribution >= 4 is 35.8 Å². The highest BCUT2D eigenvalue weighted by Gasteiger charge is 2.13. The second-order valence-electron chi connectivity index (χ2n) is 6.27. The van der Waals surface area contributed by atoms with Gasteiger partial charge in [-0.15, -0.1) is 24.0 Å². The van der Waals surface area contributed by atoms with Crippen molar-refractivity contribution in [2.75, 3.05) is 27.2 Å². The van der Waals surface area contributed by atoms with Crippen LogP contribution in [0.5, 0.6) is 0 Å². The third kappa shape index (κ3) is 7.99. The molecule has 0 fully saturated rings. The topological polar surface area (TPSA) is 47.9 Å². The third-order valence-corrected chi connectivity index (χ3v) is 4.03. The van der Waals surface area contributed by atoms with Crippen molar-refractivity contribution in [3.63, 3.8) is 0 Å². The quantitative estimate of drug-likeness (QED) is 0.376. The molecule has 1 amide bonds. The van der Waals surface area contributed by atoms with Crippen molar-refractivity contribution in [2.45, 2.75) is 20.0 Å². The minimum atomic E-state index is 0. The van der Waals surface area contributed by atoms with Crippen LogP contribution in [-0.4, -0.2) is 48.9 Å². The number of carbonyl (C=O) groups excluding carboxylic acids is 1. The number of nitrogens with one attached hydrogen (secondary N) is 1. The van der Waals surface area contributed by atoms with E-state index in [0.717, 1.165) is 11.1 Å². The first-order valence-electron chi connectivity index (χ1n) is 8.91. The van der Waals surface area contributed by atoms with E-state index in [1.54, 1.807) is 0 Å². The second kappa shape index (κ2) is 12.3. The van der Waals surface area contributed by atoms with Crippen LogP contribution in [0.1, 0.15) is 18.1 Å². The molecule has 0 aliphatic rings. The van der Waals surface area contributed by atoms with Crippen molar-refractivity contribution < 1.29 is 4.79 Å². The number of aliphatic imine (C=N–C) groups is 1. The molecule has 0 saturated carbocycles. The molecule has 2 aromatic rings. The molecule has 27 heavy (non-hydrogen) atoms. The summed E-state index contributed by atoms with van der Waals surface area (Å²) in [5.41, 5.74) is 2.27. The number of hydrogen-bond acceptors (Lipinski definition) is 2. The van der Waals surface area contributed by atoms with E-state index in [2.05, 4.69) is 10.3 Å². The summed E-state index contributed by atoms with van der Waals surface area (Å²) in [7, 11) is 3.84.